The summed E-state index contributed by atoms with van der Waals surface area (Å²) in [7, 11) is 4.52. The number of fused-ring (bicyclic) bond motifs is 3. The number of non-ortho nitro benzene ring substituents is 1. The number of piperidine rings is 1. The van der Waals surface area contributed by atoms with Crippen molar-refractivity contribution in [2.24, 2.45) is 35.5 Å². The Labute approximate surface area is 459 Å². The first-order chi connectivity index (χ1) is 36.5. The van der Waals surface area contributed by atoms with E-state index in [4.69, 9.17) is 45.4 Å². The maximum absolute atomic E-state index is 14.6. The number of carbonyl (C=O) groups excluding carboxylic acids is 4. The number of aliphatic hydroxyl groups is 3. The van der Waals surface area contributed by atoms with E-state index in [0.29, 0.717) is 69.8 Å². The molecule has 1 saturated carbocycles. The molecule has 3 fully saturated rings. The summed E-state index contributed by atoms with van der Waals surface area (Å²) in [5.74, 6) is -7.50. The van der Waals surface area contributed by atoms with Crippen LogP contribution in [0.5, 0.6) is 5.75 Å². The molecule has 3 heterocycles. The maximum atomic E-state index is 14.6. The number of nitro benzene ring substituents is 1. The zero-order chi connectivity index (χ0) is 56.7. The standard InChI is InChI=1S/C58H84N2O16S/c1-34-16-12-11-13-17-35(2)48(70-8)32-44-23-19-40(7)58(67,76-44)54(64)55(65)59-27-15-14-18-45(59)56(66)74-49(33-46(61)36(3)29-39(6)52(63)53(72-10)51(62)38(5)28-34)37(4)30-41-20-26-47(50(31-41)71-9)75-57(77)73-43-24-21-42(22-25-43)60(68)69/h11-13,16-17,21-22,24-25,29,34,36-38,40-41,44-50,52-53,61,63,67H,14-15,18-20,23,26-28,30-33H2,1-10H3/b13-11+,16-12+,35-17+,39-29+/t34-,36-,37-,38-,40-,41+,44+,45+,46-,47-,48+,49+,50-,52-,53+,58-/m1/s1. The van der Waals surface area contributed by atoms with Crippen molar-refractivity contribution in [3.05, 3.63) is 82.0 Å². The molecule has 3 aliphatic heterocycles. The van der Waals surface area contributed by atoms with Gasteiger partial charge in [0.1, 0.15) is 36.2 Å². The number of thiocarbonyl (C=S) groups is 1. The zero-order valence-corrected chi connectivity index (χ0v) is 47.4. The molecule has 0 aromatic heterocycles. The maximum Gasteiger partial charge on any atom is 0.358 e. The quantitative estimate of drug-likeness (QED) is 0.0526. The summed E-state index contributed by atoms with van der Waals surface area (Å²) < 4.78 is 41.7. The lowest BCUT2D eigenvalue weighted by atomic mass is 9.78. The van der Waals surface area contributed by atoms with Gasteiger partial charge in [-0.05, 0) is 119 Å². The number of aliphatic hydroxyl groups excluding tert-OH is 2. The van der Waals surface area contributed by atoms with E-state index in [9.17, 15) is 44.6 Å². The van der Waals surface area contributed by atoms with Gasteiger partial charge in [0, 0.05) is 82.8 Å². The predicted molar refractivity (Wildman–Crippen MR) is 291 cm³/mol. The van der Waals surface area contributed by atoms with Crippen LogP contribution in [-0.2, 0) is 47.6 Å². The number of benzene rings is 1. The first-order valence-corrected chi connectivity index (χ1v) is 27.7. The SMILES string of the molecule is CO[C@H]1C[C@@H]2CC[C@@H](C)[C@@](O)(O2)C(=O)C(=O)N2CCCC[C@H]2C(=O)O[C@H]([C@H](C)C[C@@H]2CC[C@@H](OC(=S)Oc3ccc([N+](=O)[O-])cc3)[C@H](OC)C2)C[C@@H](O)[C@H](C)/C=C(\C)[C@@H](O)[C@@H](OC)C(=O)[C@H](C)C[C@H](C)/C=C/C=C/C=C/1C. The Morgan fingerprint density at radius 2 is 1.58 bits per heavy atom. The van der Waals surface area contributed by atoms with E-state index in [1.807, 2.05) is 58.1 Å². The van der Waals surface area contributed by atoms with Gasteiger partial charge in [-0.3, -0.25) is 24.5 Å². The fourth-order valence-corrected chi connectivity index (χ4v) is 11.5. The van der Waals surface area contributed by atoms with Gasteiger partial charge in [0.25, 0.3) is 17.4 Å². The van der Waals surface area contributed by atoms with Crippen molar-refractivity contribution in [1.82, 2.24) is 4.90 Å². The second kappa shape index (κ2) is 29.5. The molecule has 0 unspecified atom stereocenters. The number of rotatable bonds is 9. The fourth-order valence-electron chi connectivity index (χ4n) is 11.3. The largest absolute Gasteiger partial charge is 0.460 e. The lowest BCUT2D eigenvalue weighted by Crippen LogP contribution is -2.61. The van der Waals surface area contributed by atoms with Crippen LogP contribution in [0.3, 0.4) is 0 Å². The van der Waals surface area contributed by atoms with E-state index in [1.54, 1.807) is 41.1 Å². The van der Waals surface area contributed by atoms with Gasteiger partial charge in [-0.1, -0.05) is 71.1 Å². The number of methoxy groups -OCH3 is 3. The summed E-state index contributed by atoms with van der Waals surface area (Å²) in [5, 5.41) is 46.5. The minimum Gasteiger partial charge on any atom is -0.460 e. The molecule has 1 aromatic rings. The highest BCUT2D eigenvalue weighted by atomic mass is 32.1. The molecule has 77 heavy (non-hydrogen) atoms. The van der Waals surface area contributed by atoms with Gasteiger partial charge in [-0.15, -0.1) is 0 Å². The number of hydrogen-bond donors (Lipinski definition) is 3. The number of esters is 1. The second-order valence-electron chi connectivity index (χ2n) is 22.0. The average Bonchev–Trinajstić information content (AvgIpc) is 3.41. The Morgan fingerprint density at radius 1 is 0.870 bits per heavy atom. The number of allylic oxidation sites excluding steroid dienone is 5. The van der Waals surface area contributed by atoms with Crippen LogP contribution in [0.25, 0.3) is 0 Å². The van der Waals surface area contributed by atoms with E-state index >= 15 is 0 Å². The second-order valence-corrected chi connectivity index (χ2v) is 22.3. The number of carbonyl (C=O) groups is 4. The molecule has 1 amide bonds. The van der Waals surface area contributed by atoms with Crippen LogP contribution < -0.4 is 4.74 Å². The van der Waals surface area contributed by atoms with Crippen molar-refractivity contribution >= 4 is 46.6 Å². The van der Waals surface area contributed by atoms with Crippen LogP contribution in [0.2, 0.25) is 0 Å². The molecule has 5 rings (SSSR count). The van der Waals surface area contributed by atoms with Crippen molar-refractivity contribution in [3.63, 3.8) is 0 Å². The lowest BCUT2D eigenvalue weighted by molar-refractivity contribution is -0.384. The van der Waals surface area contributed by atoms with Gasteiger partial charge in [-0.25, -0.2) is 4.79 Å². The topological polar surface area (TPSA) is 240 Å². The Morgan fingerprint density at radius 3 is 2.25 bits per heavy atom. The van der Waals surface area contributed by atoms with Gasteiger partial charge in [0.15, 0.2) is 5.78 Å². The summed E-state index contributed by atoms with van der Waals surface area (Å²) >= 11 is 5.39. The molecule has 3 N–H and O–H groups in total. The van der Waals surface area contributed by atoms with Crippen molar-refractivity contribution in [2.45, 2.75) is 186 Å². The van der Waals surface area contributed by atoms with Gasteiger partial charge in [-0.2, -0.15) is 0 Å². The third kappa shape index (κ3) is 17.1. The number of ketones is 2. The molecular weight excluding hydrogens is 1010 g/mol. The Bertz CT molecular complexity index is 2300. The summed E-state index contributed by atoms with van der Waals surface area (Å²) in [6, 6.07) is 4.30. The van der Waals surface area contributed by atoms with Crippen LogP contribution >= 0.6 is 12.2 Å². The molecule has 1 aliphatic carbocycles. The number of ether oxygens (including phenoxy) is 7. The smallest absolute Gasteiger partial charge is 0.358 e. The summed E-state index contributed by atoms with van der Waals surface area (Å²) in [5.41, 5.74) is 1.19. The molecule has 16 atom stereocenters. The first-order valence-electron chi connectivity index (χ1n) is 27.3. The Kier molecular flexibility index (Phi) is 24.2. The monoisotopic (exact) mass is 1100 g/mol. The molecule has 1 aromatic carbocycles. The first kappa shape index (κ1) is 63.1. The van der Waals surface area contributed by atoms with Gasteiger partial charge >= 0.3 is 11.2 Å². The number of amides is 1. The van der Waals surface area contributed by atoms with Crippen LogP contribution in [0.15, 0.2) is 71.9 Å². The molecule has 0 spiro atoms. The van der Waals surface area contributed by atoms with Crippen LogP contribution in [-0.4, -0.2) is 142 Å². The third-order valence-corrected chi connectivity index (χ3v) is 16.3. The van der Waals surface area contributed by atoms with Crippen LogP contribution in [0.4, 0.5) is 5.69 Å². The minimum absolute atomic E-state index is 0.00421. The lowest BCUT2D eigenvalue weighted by Gasteiger charge is -2.43. The molecule has 2 saturated heterocycles. The van der Waals surface area contributed by atoms with Gasteiger partial charge in [0.05, 0.1) is 29.3 Å². The van der Waals surface area contributed by atoms with Gasteiger partial charge in [0.2, 0.25) is 5.79 Å². The van der Waals surface area contributed by atoms with E-state index in [2.05, 4.69) is 0 Å². The Hall–Kier alpha value is -4.73. The van der Waals surface area contributed by atoms with E-state index in [0.717, 1.165) is 5.57 Å². The average molecular weight is 1100 g/mol. The predicted octanol–water partition coefficient (Wildman–Crippen LogP) is 8.27. The van der Waals surface area contributed by atoms with E-state index < -0.39 is 101 Å². The molecule has 4 aliphatic rings. The minimum atomic E-state index is -2.46. The van der Waals surface area contributed by atoms with Crippen molar-refractivity contribution < 1.29 is 72.6 Å². The van der Waals surface area contributed by atoms with Gasteiger partial charge < -0.3 is 53.4 Å². The zero-order valence-electron chi connectivity index (χ0n) is 46.6. The normalized spacial score (nSPS) is 36.7. The molecule has 428 valence electrons. The summed E-state index contributed by atoms with van der Waals surface area (Å²) in [6.07, 6.45) is 9.99. The van der Waals surface area contributed by atoms with Crippen molar-refractivity contribution in [2.75, 3.05) is 27.9 Å². The molecular formula is C58H84N2O16S. The van der Waals surface area contributed by atoms with E-state index in [1.165, 1.54) is 36.3 Å². The van der Waals surface area contributed by atoms with Crippen molar-refractivity contribution in [3.8, 4) is 5.75 Å². The fraction of sp³-hybridized carbons (Fsp3) is 0.672. The van der Waals surface area contributed by atoms with Crippen molar-refractivity contribution in [1.29, 1.82) is 0 Å². The Balaban J connectivity index is 1.42. The molecule has 19 heteroatoms. The number of nitrogens with zero attached hydrogens (tertiary/aromatic N) is 2. The molecule has 18 nitrogen and oxygen atoms in total. The number of Topliss-reactive ketones (excluding diaryl/α,β-unsaturated/α-hetero) is 2. The molecule has 0 radical (unpaired) electrons. The summed E-state index contributed by atoms with van der Waals surface area (Å²) in [4.78, 5) is 69.0. The highest BCUT2D eigenvalue weighted by Gasteiger charge is 2.53. The molecule has 2 bridgehead atoms. The van der Waals surface area contributed by atoms with Crippen LogP contribution in [0.1, 0.15) is 126 Å². The highest BCUT2D eigenvalue weighted by Crippen LogP contribution is 2.38. The van der Waals surface area contributed by atoms with E-state index in [-0.39, 0.29) is 59.6 Å². The summed E-state index contributed by atoms with van der Waals surface area (Å²) in [6.45, 7) is 12.8. The third-order valence-electron chi connectivity index (χ3n) is 16.1. The highest BCUT2D eigenvalue weighted by molar-refractivity contribution is 7.79. The van der Waals surface area contributed by atoms with Crippen LogP contribution in [0, 0.1) is 45.6 Å². The number of nitro groups is 1. The number of cyclic esters (lactones) is 1. The number of hydrogen-bond acceptors (Lipinski definition) is 17.